The molecule has 5 heteroatoms. The van der Waals surface area contributed by atoms with E-state index in [1.54, 1.807) is 21.3 Å². The fourth-order valence-corrected chi connectivity index (χ4v) is 5.12. The van der Waals surface area contributed by atoms with Gasteiger partial charge in [0.2, 0.25) is 0 Å². The van der Waals surface area contributed by atoms with Crippen LogP contribution < -0.4 is 14.2 Å². The van der Waals surface area contributed by atoms with Crippen LogP contribution in [0.2, 0.25) is 0 Å². The zero-order chi connectivity index (χ0) is 22.4. The number of ether oxygens (including phenoxy) is 3. The summed E-state index contributed by atoms with van der Waals surface area (Å²) in [4.78, 5) is 0. The zero-order valence-corrected chi connectivity index (χ0v) is 19.2. The van der Waals surface area contributed by atoms with Crippen LogP contribution in [-0.4, -0.2) is 25.9 Å². The van der Waals surface area contributed by atoms with Crippen molar-refractivity contribution in [3.05, 3.63) is 52.2 Å². The van der Waals surface area contributed by atoms with E-state index in [0.717, 1.165) is 51.4 Å². The van der Waals surface area contributed by atoms with E-state index in [2.05, 4.69) is 36.6 Å². The summed E-state index contributed by atoms with van der Waals surface area (Å²) in [6, 6.07) is 11.0. The molecular formula is C26H28N2O3. The lowest BCUT2D eigenvalue weighted by Gasteiger charge is -2.28. The standard InChI is InChI=1S/C26H28N2O3/c1-14-8-19(9-15(2)26(14)31-7)24-17(4)28-16(3)10-18-11-22(29-5)23(30-6)12-20(18)25(28)21(24)13-27/h8-9,11-12,16H,10H2,1-7H3. The molecule has 0 amide bonds. The van der Waals surface area contributed by atoms with Crippen molar-refractivity contribution >= 4 is 0 Å². The molecule has 0 saturated heterocycles. The molecule has 0 saturated carbocycles. The number of methoxy groups -OCH3 is 3. The average Bonchev–Trinajstić information content (AvgIpc) is 3.05. The lowest BCUT2D eigenvalue weighted by molar-refractivity contribution is 0.354. The maximum atomic E-state index is 10.3. The number of rotatable bonds is 4. The molecule has 0 fully saturated rings. The fraction of sp³-hybridized carbons (Fsp3) is 0.346. The highest BCUT2D eigenvalue weighted by atomic mass is 16.5. The Morgan fingerprint density at radius 1 is 0.935 bits per heavy atom. The van der Waals surface area contributed by atoms with Gasteiger partial charge in [0.1, 0.15) is 11.8 Å². The molecule has 0 N–H and O–H groups in total. The average molecular weight is 417 g/mol. The monoisotopic (exact) mass is 416 g/mol. The molecule has 1 aliphatic rings. The van der Waals surface area contributed by atoms with Crippen molar-refractivity contribution in [2.24, 2.45) is 0 Å². The first kappa shape index (κ1) is 20.9. The first-order valence-corrected chi connectivity index (χ1v) is 10.4. The maximum absolute atomic E-state index is 10.3. The van der Waals surface area contributed by atoms with Gasteiger partial charge in [0.25, 0.3) is 0 Å². The summed E-state index contributed by atoms with van der Waals surface area (Å²) < 4.78 is 18.9. The second-order valence-electron chi connectivity index (χ2n) is 8.23. The molecule has 1 atom stereocenters. The highest BCUT2D eigenvalue weighted by Crippen LogP contribution is 2.47. The summed E-state index contributed by atoms with van der Waals surface area (Å²) in [6.45, 7) is 8.39. The second-order valence-corrected chi connectivity index (χ2v) is 8.23. The molecule has 2 heterocycles. The third-order valence-corrected chi connectivity index (χ3v) is 6.34. The van der Waals surface area contributed by atoms with E-state index in [-0.39, 0.29) is 6.04 Å². The van der Waals surface area contributed by atoms with Gasteiger partial charge in [-0.3, -0.25) is 0 Å². The van der Waals surface area contributed by atoms with Crippen molar-refractivity contribution in [2.75, 3.05) is 21.3 Å². The molecule has 0 aliphatic carbocycles. The third-order valence-electron chi connectivity index (χ3n) is 6.34. The van der Waals surface area contributed by atoms with Crippen LogP contribution in [0.4, 0.5) is 0 Å². The van der Waals surface area contributed by atoms with Gasteiger partial charge >= 0.3 is 0 Å². The van der Waals surface area contributed by atoms with Crippen LogP contribution in [0.5, 0.6) is 17.2 Å². The predicted octanol–water partition coefficient (Wildman–Crippen LogP) is 5.76. The van der Waals surface area contributed by atoms with Gasteiger partial charge in [0, 0.05) is 22.9 Å². The number of nitrogens with zero attached hydrogens (tertiary/aromatic N) is 2. The molecule has 31 heavy (non-hydrogen) atoms. The van der Waals surface area contributed by atoms with Gasteiger partial charge in [-0.15, -0.1) is 0 Å². The summed E-state index contributed by atoms with van der Waals surface area (Å²) in [5, 5.41) is 10.3. The van der Waals surface area contributed by atoms with Crippen molar-refractivity contribution in [1.82, 2.24) is 4.57 Å². The molecule has 0 bridgehead atoms. The minimum atomic E-state index is 0.224. The fourth-order valence-electron chi connectivity index (χ4n) is 5.12. The van der Waals surface area contributed by atoms with Crippen LogP contribution in [-0.2, 0) is 6.42 Å². The van der Waals surface area contributed by atoms with E-state index in [0.29, 0.717) is 17.1 Å². The summed E-state index contributed by atoms with van der Waals surface area (Å²) in [5.41, 5.74) is 9.10. The largest absolute Gasteiger partial charge is 0.496 e. The Balaban J connectivity index is 2.04. The van der Waals surface area contributed by atoms with Gasteiger partial charge in [0.05, 0.1) is 32.6 Å². The normalized spacial score (nSPS) is 14.5. The number of nitriles is 1. The highest BCUT2D eigenvalue weighted by molar-refractivity contribution is 5.87. The van der Waals surface area contributed by atoms with E-state index >= 15 is 0 Å². The maximum Gasteiger partial charge on any atom is 0.161 e. The minimum Gasteiger partial charge on any atom is -0.496 e. The smallest absolute Gasteiger partial charge is 0.161 e. The van der Waals surface area contributed by atoms with Crippen LogP contribution >= 0.6 is 0 Å². The molecule has 160 valence electrons. The Morgan fingerprint density at radius 2 is 1.55 bits per heavy atom. The Kier molecular flexibility index (Phi) is 5.18. The number of hydrogen-bond acceptors (Lipinski definition) is 4. The molecule has 1 aromatic heterocycles. The number of fused-ring (bicyclic) bond motifs is 3. The van der Waals surface area contributed by atoms with Gasteiger partial charge < -0.3 is 18.8 Å². The molecule has 3 aromatic rings. The highest BCUT2D eigenvalue weighted by Gasteiger charge is 2.31. The summed E-state index contributed by atoms with van der Waals surface area (Å²) >= 11 is 0. The molecule has 4 rings (SSSR count). The Labute approximate surface area is 183 Å². The topological polar surface area (TPSA) is 56.4 Å². The van der Waals surface area contributed by atoms with Crippen LogP contribution in [0.1, 0.15) is 40.9 Å². The number of aromatic nitrogens is 1. The van der Waals surface area contributed by atoms with Crippen molar-refractivity contribution in [2.45, 2.75) is 40.2 Å². The molecular weight excluding hydrogens is 388 g/mol. The molecule has 5 nitrogen and oxygen atoms in total. The van der Waals surface area contributed by atoms with E-state index in [4.69, 9.17) is 14.2 Å². The zero-order valence-electron chi connectivity index (χ0n) is 19.2. The second kappa shape index (κ2) is 7.70. The number of aryl methyl sites for hydroxylation is 2. The van der Waals surface area contributed by atoms with E-state index in [1.807, 2.05) is 26.0 Å². The number of hydrogen-bond donors (Lipinski definition) is 0. The Hall–Kier alpha value is -3.39. The number of benzene rings is 2. The van der Waals surface area contributed by atoms with Crippen molar-refractivity contribution in [1.29, 1.82) is 5.26 Å². The summed E-state index contributed by atoms with van der Waals surface area (Å²) in [7, 11) is 4.98. The lowest BCUT2D eigenvalue weighted by Crippen LogP contribution is -2.17. The van der Waals surface area contributed by atoms with Crippen molar-refractivity contribution in [3.63, 3.8) is 0 Å². The first-order chi connectivity index (χ1) is 14.9. The van der Waals surface area contributed by atoms with Crippen molar-refractivity contribution < 1.29 is 14.2 Å². The minimum absolute atomic E-state index is 0.224. The Morgan fingerprint density at radius 3 is 2.10 bits per heavy atom. The summed E-state index contributed by atoms with van der Waals surface area (Å²) in [5.74, 6) is 2.27. The lowest BCUT2D eigenvalue weighted by atomic mass is 9.91. The van der Waals surface area contributed by atoms with Crippen LogP contribution in [0.3, 0.4) is 0 Å². The Bertz CT molecular complexity index is 1210. The SMILES string of the molecule is COc1cc2c(cc1OC)-c1c(C#N)c(-c3cc(C)c(OC)c(C)c3)c(C)n1C(C)C2. The first-order valence-electron chi connectivity index (χ1n) is 10.4. The van der Waals surface area contributed by atoms with E-state index in [1.165, 1.54) is 5.56 Å². The molecule has 1 unspecified atom stereocenters. The van der Waals surface area contributed by atoms with Gasteiger partial charge in [-0.1, -0.05) is 0 Å². The van der Waals surface area contributed by atoms with Crippen LogP contribution in [0, 0.1) is 32.1 Å². The van der Waals surface area contributed by atoms with Gasteiger partial charge in [-0.2, -0.15) is 5.26 Å². The molecule has 0 radical (unpaired) electrons. The molecule has 1 aliphatic heterocycles. The van der Waals surface area contributed by atoms with Crippen LogP contribution in [0.25, 0.3) is 22.4 Å². The molecule has 0 spiro atoms. The molecule has 2 aromatic carbocycles. The predicted molar refractivity (Wildman–Crippen MR) is 122 cm³/mol. The van der Waals surface area contributed by atoms with Gasteiger partial charge in [0.15, 0.2) is 11.5 Å². The quantitative estimate of drug-likeness (QED) is 0.542. The van der Waals surface area contributed by atoms with Gasteiger partial charge in [-0.05, 0) is 80.6 Å². The van der Waals surface area contributed by atoms with Crippen LogP contribution in [0.15, 0.2) is 24.3 Å². The van der Waals surface area contributed by atoms with E-state index < -0.39 is 0 Å². The van der Waals surface area contributed by atoms with E-state index in [9.17, 15) is 5.26 Å². The summed E-state index contributed by atoms with van der Waals surface area (Å²) in [6.07, 6.45) is 0.864. The van der Waals surface area contributed by atoms with Gasteiger partial charge in [-0.25, -0.2) is 0 Å². The third kappa shape index (κ3) is 3.06. The van der Waals surface area contributed by atoms with Crippen molar-refractivity contribution in [3.8, 4) is 45.7 Å².